The summed E-state index contributed by atoms with van der Waals surface area (Å²) in [5.74, 6) is -2.16. The summed E-state index contributed by atoms with van der Waals surface area (Å²) >= 11 is 0. The van der Waals surface area contributed by atoms with Crippen LogP contribution in [0.5, 0.6) is 0 Å². The summed E-state index contributed by atoms with van der Waals surface area (Å²) < 4.78 is 67.6. The number of phosphoric acid groups is 2. The van der Waals surface area contributed by atoms with Gasteiger partial charge in [0, 0.05) is 25.7 Å². The summed E-state index contributed by atoms with van der Waals surface area (Å²) in [5, 5.41) is 10.5. The second kappa shape index (κ2) is 57.2. The van der Waals surface area contributed by atoms with Crippen LogP contribution in [0.15, 0.2) is 0 Å². The van der Waals surface area contributed by atoms with E-state index in [9.17, 15) is 43.2 Å². The highest BCUT2D eigenvalue weighted by Gasteiger charge is 2.30. The second-order valence-corrected chi connectivity index (χ2v) is 25.4. The first-order valence-corrected chi connectivity index (χ1v) is 35.8. The average Bonchev–Trinajstić information content (AvgIpc) is 3.44. The maximum atomic E-state index is 12.9. The Labute approximate surface area is 492 Å². The van der Waals surface area contributed by atoms with Crippen LogP contribution in [0.1, 0.15) is 317 Å². The highest BCUT2D eigenvalue weighted by Crippen LogP contribution is 2.45. The number of unbranched alkanes of at least 4 members (excludes halogenated alkanes) is 37. The topological polar surface area (TPSA) is 237 Å². The summed E-state index contributed by atoms with van der Waals surface area (Å²) in [6, 6.07) is 0. The molecular formula is C62H120O17P2. The molecule has 0 bridgehead atoms. The van der Waals surface area contributed by atoms with E-state index in [0.29, 0.717) is 25.7 Å². The Morgan fingerprint density at radius 3 is 0.753 bits per heavy atom. The average molecular weight is 1200 g/mol. The number of aliphatic hydroxyl groups excluding tert-OH is 1. The van der Waals surface area contributed by atoms with Gasteiger partial charge in [0.15, 0.2) is 12.2 Å². The van der Waals surface area contributed by atoms with Crippen molar-refractivity contribution in [2.45, 2.75) is 335 Å². The molecule has 0 aromatic heterocycles. The predicted molar refractivity (Wildman–Crippen MR) is 322 cm³/mol. The zero-order valence-electron chi connectivity index (χ0n) is 51.7. The number of rotatable bonds is 63. The molecular weight excluding hydrogens is 1080 g/mol. The number of hydrogen-bond acceptors (Lipinski definition) is 15. The molecule has 0 aliphatic carbocycles. The van der Waals surface area contributed by atoms with Gasteiger partial charge >= 0.3 is 39.5 Å². The van der Waals surface area contributed by atoms with Crippen molar-refractivity contribution in [3.05, 3.63) is 0 Å². The normalized spacial score (nSPS) is 14.2. The van der Waals surface area contributed by atoms with E-state index < -0.39 is 97.5 Å². The summed E-state index contributed by atoms with van der Waals surface area (Å²) in [6.45, 7) is 4.71. The molecule has 0 fully saturated rings. The SMILES string of the molecule is CCCCCCCCCCCCCCCCCC(=O)O[C@H](COC(=O)CCCCC)COP(=O)(O)OC[C@@H](O)COP(=O)(O)OC[C@@H](COC(=O)CCCCCCCCCCCCC)OC(=O)CCCCCCCCCCCCCC. The molecule has 0 spiro atoms. The first kappa shape index (κ1) is 79.1. The van der Waals surface area contributed by atoms with Crippen LogP contribution in [0.2, 0.25) is 0 Å². The third-order valence-corrected chi connectivity index (χ3v) is 16.3. The van der Waals surface area contributed by atoms with E-state index in [1.54, 1.807) is 0 Å². The number of esters is 4. The van der Waals surface area contributed by atoms with Crippen LogP contribution in [0.3, 0.4) is 0 Å². The molecule has 0 amide bonds. The lowest BCUT2D eigenvalue weighted by molar-refractivity contribution is -0.161. The number of hydrogen-bond donors (Lipinski definition) is 3. The lowest BCUT2D eigenvalue weighted by atomic mass is 10.0. The molecule has 0 aromatic rings. The summed E-state index contributed by atoms with van der Waals surface area (Å²) in [6.07, 6.45) is 42.4. The van der Waals surface area contributed by atoms with Gasteiger partial charge in [0.1, 0.15) is 19.3 Å². The molecule has 19 heteroatoms. The third-order valence-electron chi connectivity index (χ3n) is 14.4. The van der Waals surface area contributed by atoms with Crippen LogP contribution in [0, 0.1) is 0 Å². The molecule has 0 rings (SSSR count). The smallest absolute Gasteiger partial charge is 0.462 e. The zero-order chi connectivity index (χ0) is 59.8. The number of carbonyl (C=O) groups excluding carboxylic acids is 4. The molecule has 0 radical (unpaired) electrons. The molecule has 3 N–H and O–H groups in total. The van der Waals surface area contributed by atoms with Gasteiger partial charge in [0.25, 0.3) is 0 Å². The molecule has 2 unspecified atom stereocenters. The minimum atomic E-state index is -4.94. The molecule has 0 saturated carbocycles. The van der Waals surface area contributed by atoms with Gasteiger partial charge in [-0.15, -0.1) is 0 Å². The van der Waals surface area contributed by atoms with Crippen LogP contribution in [0.4, 0.5) is 0 Å². The van der Waals surface area contributed by atoms with Gasteiger partial charge in [-0.05, 0) is 25.7 Å². The fourth-order valence-corrected chi connectivity index (χ4v) is 10.9. The first-order chi connectivity index (χ1) is 39.2. The molecule has 17 nitrogen and oxygen atoms in total. The van der Waals surface area contributed by atoms with Gasteiger partial charge in [-0.3, -0.25) is 37.3 Å². The van der Waals surface area contributed by atoms with E-state index >= 15 is 0 Å². The highest BCUT2D eigenvalue weighted by molar-refractivity contribution is 7.47. The fraction of sp³-hybridized carbons (Fsp3) is 0.935. The number of carbonyl (C=O) groups is 4. The van der Waals surface area contributed by atoms with Crippen molar-refractivity contribution in [3.63, 3.8) is 0 Å². The molecule has 0 saturated heterocycles. The quantitative estimate of drug-likeness (QED) is 0.0222. The number of ether oxygens (including phenoxy) is 4. The summed E-state index contributed by atoms with van der Waals surface area (Å²) in [7, 11) is -9.87. The second-order valence-electron chi connectivity index (χ2n) is 22.4. The van der Waals surface area contributed by atoms with Crippen LogP contribution >= 0.6 is 15.6 Å². The van der Waals surface area contributed by atoms with E-state index in [4.69, 9.17) is 37.0 Å². The van der Waals surface area contributed by atoms with Gasteiger partial charge in [-0.1, -0.05) is 265 Å². The standard InChI is InChI=1S/C62H120O17P2/c1-5-9-13-16-19-22-25-27-28-29-32-35-38-41-45-48-61(66)78-57(52-72-59(64)46-42-12-8-4)54-76-80(68,69)74-50-56(63)51-75-81(70,71)77-55-58(53-73-60(65)47-43-39-36-33-30-24-21-18-15-11-7-3)79-62(67)49-44-40-37-34-31-26-23-20-17-14-10-6-2/h56-58,63H,5-55H2,1-4H3,(H,68,69)(H,70,71)/t56-,57-,58-/m1/s1. The first-order valence-electron chi connectivity index (χ1n) is 32.8. The van der Waals surface area contributed by atoms with Crippen molar-refractivity contribution in [1.82, 2.24) is 0 Å². The minimum absolute atomic E-state index is 0.107. The Bertz CT molecular complexity index is 1570. The van der Waals surface area contributed by atoms with E-state index in [2.05, 4.69) is 20.8 Å². The van der Waals surface area contributed by atoms with Gasteiger partial charge in [0.05, 0.1) is 26.4 Å². The van der Waals surface area contributed by atoms with Gasteiger partial charge in [-0.25, -0.2) is 9.13 Å². The number of phosphoric ester groups is 2. The van der Waals surface area contributed by atoms with E-state index in [1.807, 2.05) is 6.92 Å². The highest BCUT2D eigenvalue weighted by atomic mass is 31.2. The molecule has 0 aromatic carbocycles. The predicted octanol–water partition coefficient (Wildman–Crippen LogP) is 17.2. The monoisotopic (exact) mass is 1200 g/mol. The van der Waals surface area contributed by atoms with Crippen LogP contribution in [-0.4, -0.2) is 96.7 Å². The Morgan fingerprint density at radius 2 is 0.494 bits per heavy atom. The van der Waals surface area contributed by atoms with Crippen molar-refractivity contribution in [2.75, 3.05) is 39.6 Å². The van der Waals surface area contributed by atoms with Crippen molar-refractivity contribution >= 4 is 39.5 Å². The van der Waals surface area contributed by atoms with Gasteiger partial charge in [0.2, 0.25) is 0 Å². The van der Waals surface area contributed by atoms with E-state index in [1.165, 1.54) is 154 Å². The van der Waals surface area contributed by atoms with E-state index in [-0.39, 0.29) is 25.7 Å². The van der Waals surface area contributed by atoms with Crippen LogP contribution in [-0.2, 0) is 65.4 Å². The van der Waals surface area contributed by atoms with Crippen molar-refractivity contribution in [3.8, 4) is 0 Å². The Hall–Kier alpha value is -1.94. The molecule has 5 atom stereocenters. The lowest BCUT2D eigenvalue weighted by Crippen LogP contribution is -2.30. The Morgan fingerprint density at radius 1 is 0.296 bits per heavy atom. The van der Waals surface area contributed by atoms with Gasteiger partial charge < -0.3 is 33.8 Å². The van der Waals surface area contributed by atoms with E-state index in [0.717, 1.165) is 83.5 Å². The molecule has 0 heterocycles. The molecule has 0 aliphatic rings. The Balaban J connectivity index is 5.07. The molecule has 480 valence electrons. The Kier molecular flexibility index (Phi) is 55.8. The maximum Gasteiger partial charge on any atom is 0.472 e. The van der Waals surface area contributed by atoms with Gasteiger partial charge in [-0.2, -0.15) is 0 Å². The lowest BCUT2D eigenvalue weighted by Gasteiger charge is -2.21. The largest absolute Gasteiger partial charge is 0.472 e. The van der Waals surface area contributed by atoms with Crippen molar-refractivity contribution in [2.24, 2.45) is 0 Å². The zero-order valence-corrected chi connectivity index (χ0v) is 53.5. The summed E-state index contributed by atoms with van der Waals surface area (Å²) in [5.41, 5.74) is 0. The third kappa shape index (κ3) is 56.9. The van der Waals surface area contributed by atoms with Crippen LogP contribution in [0.25, 0.3) is 0 Å². The molecule has 0 aliphatic heterocycles. The minimum Gasteiger partial charge on any atom is -0.462 e. The van der Waals surface area contributed by atoms with Crippen molar-refractivity contribution < 1.29 is 80.2 Å². The maximum absolute atomic E-state index is 12.9. The molecule has 81 heavy (non-hydrogen) atoms. The van der Waals surface area contributed by atoms with Crippen molar-refractivity contribution in [1.29, 1.82) is 0 Å². The summed E-state index contributed by atoms with van der Waals surface area (Å²) in [4.78, 5) is 71.7. The number of aliphatic hydroxyl groups is 1. The fourth-order valence-electron chi connectivity index (χ4n) is 9.28. The van der Waals surface area contributed by atoms with Crippen LogP contribution < -0.4 is 0 Å².